The second-order valence-electron chi connectivity index (χ2n) is 4.11. The largest absolute Gasteiger partial charge is 0.463 e. The summed E-state index contributed by atoms with van der Waals surface area (Å²) in [5.74, 6) is -0.464. The lowest BCUT2D eigenvalue weighted by atomic mass is 10.3. The van der Waals surface area contributed by atoms with Crippen molar-refractivity contribution in [1.82, 2.24) is 4.90 Å². The van der Waals surface area contributed by atoms with Crippen molar-refractivity contribution in [2.24, 2.45) is 0 Å². The van der Waals surface area contributed by atoms with Crippen LogP contribution in [-0.2, 0) is 9.53 Å². The molecule has 0 radical (unpaired) electrons. The molecule has 0 aliphatic heterocycles. The number of hydrogen-bond acceptors (Lipinski definition) is 4. The average molecular weight is 257 g/mol. The van der Waals surface area contributed by atoms with E-state index in [1.54, 1.807) is 13.8 Å². The topological polar surface area (TPSA) is 49.8 Å². The van der Waals surface area contributed by atoms with Crippen LogP contribution in [0.5, 0.6) is 0 Å². The minimum absolute atomic E-state index is 0.000737. The fourth-order valence-electron chi connectivity index (χ4n) is 1.09. The quantitative estimate of drug-likeness (QED) is 0.726. The number of hydrogen-bond donors (Lipinski definition) is 1. The van der Waals surface area contributed by atoms with Gasteiger partial charge in [0.15, 0.2) is 6.10 Å². The van der Waals surface area contributed by atoms with E-state index in [1.807, 2.05) is 0 Å². The van der Waals surface area contributed by atoms with E-state index in [4.69, 9.17) is 9.84 Å². The van der Waals surface area contributed by atoms with Gasteiger partial charge >= 0.3 is 12.1 Å². The Labute approximate surface area is 98.3 Å². The predicted octanol–water partition coefficient (Wildman–Crippen LogP) is 1.18. The molecule has 102 valence electrons. The predicted molar refractivity (Wildman–Crippen MR) is 55.4 cm³/mol. The molecule has 0 fully saturated rings. The number of ether oxygens (including phenoxy) is 1. The monoisotopic (exact) mass is 257 g/mol. The zero-order valence-corrected chi connectivity index (χ0v) is 10.1. The molecule has 0 aliphatic rings. The van der Waals surface area contributed by atoms with Gasteiger partial charge in [-0.2, -0.15) is 13.2 Å². The van der Waals surface area contributed by atoms with Crippen LogP contribution in [0.1, 0.15) is 20.3 Å². The molecule has 0 rings (SSSR count). The van der Waals surface area contributed by atoms with Gasteiger partial charge in [-0.05, 0) is 20.9 Å². The van der Waals surface area contributed by atoms with Crippen molar-refractivity contribution in [2.45, 2.75) is 38.7 Å². The highest BCUT2D eigenvalue weighted by Gasteiger charge is 2.38. The Balaban J connectivity index is 3.88. The number of aliphatic hydroxyl groups is 1. The first-order valence-electron chi connectivity index (χ1n) is 5.25. The highest BCUT2D eigenvalue weighted by molar-refractivity contribution is 5.69. The summed E-state index contributed by atoms with van der Waals surface area (Å²) in [4.78, 5) is 12.3. The number of halogens is 3. The fourth-order valence-corrected chi connectivity index (χ4v) is 1.09. The van der Waals surface area contributed by atoms with E-state index in [-0.39, 0.29) is 19.1 Å². The van der Waals surface area contributed by atoms with E-state index in [0.717, 1.165) is 0 Å². The minimum atomic E-state index is -4.63. The number of likely N-dealkylation sites (N-methyl/N-ethyl adjacent to an activating group) is 1. The Hall–Kier alpha value is -0.820. The third-order valence-electron chi connectivity index (χ3n) is 1.93. The SMILES string of the molecule is CC(C)OC(=O)CCN(C)CC(O)C(F)(F)F. The molecule has 7 heteroatoms. The van der Waals surface area contributed by atoms with Crippen LogP contribution in [0.25, 0.3) is 0 Å². The maximum absolute atomic E-state index is 12.0. The highest BCUT2D eigenvalue weighted by Crippen LogP contribution is 2.20. The van der Waals surface area contributed by atoms with Crippen LogP contribution in [-0.4, -0.2) is 54.5 Å². The Morgan fingerprint density at radius 1 is 1.41 bits per heavy atom. The first-order chi connectivity index (χ1) is 7.62. The van der Waals surface area contributed by atoms with Gasteiger partial charge in [0.2, 0.25) is 0 Å². The Morgan fingerprint density at radius 3 is 2.35 bits per heavy atom. The summed E-state index contributed by atoms with van der Waals surface area (Å²) in [6, 6.07) is 0. The molecule has 0 saturated carbocycles. The first-order valence-corrected chi connectivity index (χ1v) is 5.25. The lowest BCUT2D eigenvalue weighted by Crippen LogP contribution is -2.40. The van der Waals surface area contributed by atoms with Crippen molar-refractivity contribution in [2.75, 3.05) is 20.1 Å². The molecule has 0 aromatic carbocycles. The number of carbonyl (C=O) groups excluding carboxylic acids is 1. The van der Waals surface area contributed by atoms with Crippen molar-refractivity contribution in [3.05, 3.63) is 0 Å². The smallest absolute Gasteiger partial charge is 0.415 e. The minimum Gasteiger partial charge on any atom is -0.463 e. The molecule has 0 spiro atoms. The Kier molecular flexibility index (Phi) is 6.48. The summed E-state index contributed by atoms with van der Waals surface area (Å²) in [5, 5.41) is 8.78. The lowest BCUT2D eigenvalue weighted by molar-refractivity contribution is -0.207. The molecule has 1 unspecified atom stereocenters. The van der Waals surface area contributed by atoms with Crippen LogP contribution in [0, 0.1) is 0 Å². The van der Waals surface area contributed by atoms with Crippen LogP contribution in [0.2, 0.25) is 0 Å². The summed E-state index contributed by atoms with van der Waals surface area (Å²) >= 11 is 0. The van der Waals surface area contributed by atoms with Crippen LogP contribution < -0.4 is 0 Å². The summed E-state index contributed by atoms with van der Waals surface area (Å²) in [6.07, 6.45) is -7.27. The molecular weight excluding hydrogens is 239 g/mol. The molecule has 0 saturated heterocycles. The maximum atomic E-state index is 12.0. The standard InChI is InChI=1S/C10H18F3NO3/c1-7(2)17-9(16)4-5-14(3)6-8(15)10(11,12)13/h7-8,15H,4-6H2,1-3H3. The number of nitrogens with zero attached hydrogens (tertiary/aromatic N) is 1. The summed E-state index contributed by atoms with van der Waals surface area (Å²) in [5.41, 5.74) is 0. The normalized spacial score (nSPS) is 14.2. The summed E-state index contributed by atoms with van der Waals surface area (Å²) in [6.45, 7) is 2.93. The highest BCUT2D eigenvalue weighted by atomic mass is 19.4. The second-order valence-corrected chi connectivity index (χ2v) is 4.11. The molecule has 1 atom stereocenters. The molecule has 0 aliphatic carbocycles. The van der Waals surface area contributed by atoms with E-state index in [1.165, 1.54) is 11.9 Å². The van der Waals surface area contributed by atoms with Crippen molar-refractivity contribution in [3.63, 3.8) is 0 Å². The third-order valence-corrected chi connectivity index (χ3v) is 1.93. The summed E-state index contributed by atoms with van der Waals surface area (Å²) in [7, 11) is 1.40. The van der Waals surface area contributed by atoms with E-state index in [9.17, 15) is 18.0 Å². The Bertz CT molecular complexity index is 243. The lowest BCUT2D eigenvalue weighted by Gasteiger charge is -2.21. The van der Waals surface area contributed by atoms with Crippen LogP contribution >= 0.6 is 0 Å². The van der Waals surface area contributed by atoms with Gasteiger partial charge in [0.05, 0.1) is 12.5 Å². The number of aliphatic hydroxyl groups excluding tert-OH is 1. The molecule has 1 N–H and O–H groups in total. The molecular formula is C10H18F3NO3. The summed E-state index contributed by atoms with van der Waals surface area (Å²) < 4.78 is 40.9. The molecule has 0 aromatic heterocycles. The number of rotatable bonds is 6. The van der Waals surface area contributed by atoms with Gasteiger partial charge in [-0.15, -0.1) is 0 Å². The number of carbonyl (C=O) groups is 1. The molecule has 0 aromatic rings. The van der Waals surface area contributed by atoms with Gasteiger partial charge in [0.25, 0.3) is 0 Å². The molecule has 17 heavy (non-hydrogen) atoms. The van der Waals surface area contributed by atoms with Gasteiger partial charge in [-0.1, -0.05) is 0 Å². The van der Waals surface area contributed by atoms with Crippen molar-refractivity contribution in [3.8, 4) is 0 Å². The average Bonchev–Trinajstić information content (AvgIpc) is 2.12. The van der Waals surface area contributed by atoms with Gasteiger partial charge in [0.1, 0.15) is 0 Å². The van der Waals surface area contributed by atoms with Gasteiger partial charge < -0.3 is 14.7 Å². The molecule has 4 nitrogen and oxygen atoms in total. The van der Waals surface area contributed by atoms with Crippen LogP contribution in [0.15, 0.2) is 0 Å². The molecule has 0 heterocycles. The first kappa shape index (κ1) is 16.2. The van der Waals surface area contributed by atoms with Crippen molar-refractivity contribution < 1.29 is 27.8 Å². The van der Waals surface area contributed by atoms with E-state index in [0.29, 0.717) is 0 Å². The second kappa shape index (κ2) is 6.80. The zero-order chi connectivity index (χ0) is 13.6. The molecule has 0 bridgehead atoms. The van der Waals surface area contributed by atoms with Crippen LogP contribution in [0.4, 0.5) is 13.2 Å². The van der Waals surface area contributed by atoms with Crippen molar-refractivity contribution in [1.29, 1.82) is 0 Å². The third kappa shape index (κ3) is 7.98. The maximum Gasteiger partial charge on any atom is 0.415 e. The fraction of sp³-hybridized carbons (Fsp3) is 0.900. The van der Waals surface area contributed by atoms with Gasteiger partial charge in [0, 0.05) is 13.1 Å². The van der Waals surface area contributed by atoms with Crippen molar-refractivity contribution >= 4 is 5.97 Å². The van der Waals surface area contributed by atoms with E-state index in [2.05, 4.69) is 0 Å². The zero-order valence-electron chi connectivity index (χ0n) is 10.1. The van der Waals surface area contributed by atoms with E-state index < -0.39 is 24.8 Å². The molecule has 0 amide bonds. The number of alkyl halides is 3. The van der Waals surface area contributed by atoms with Gasteiger partial charge in [-0.3, -0.25) is 4.79 Å². The van der Waals surface area contributed by atoms with Crippen LogP contribution in [0.3, 0.4) is 0 Å². The number of esters is 1. The van der Waals surface area contributed by atoms with Gasteiger partial charge in [-0.25, -0.2) is 0 Å². The van der Waals surface area contributed by atoms with E-state index >= 15 is 0 Å². The Morgan fingerprint density at radius 2 is 1.94 bits per heavy atom.